The molecule has 1 saturated carbocycles. The minimum atomic E-state index is 0.0671. The zero-order valence-electron chi connectivity index (χ0n) is 3.83. The fourth-order valence-corrected chi connectivity index (χ4v) is 0.549. The van der Waals surface area contributed by atoms with E-state index >= 15 is 0 Å². The zero-order valence-corrected chi connectivity index (χ0v) is 3.83. The third-order valence-electron chi connectivity index (χ3n) is 1.24. The van der Waals surface area contributed by atoms with Gasteiger partial charge in [0.1, 0.15) is 12.6 Å². The van der Waals surface area contributed by atoms with Crippen LogP contribution in [0.25, 0.3) is 0 Å². The molecule has 0 radical (unpaired) electrons. The van der Waals surface area contributed by atoms with Gasteiger partial charge in [0.15, 0.2) is 0 Å². The van der Waals surface area contributed by atoms with Crippen LogP contribution in [0.2, 0.25) is 0 Å². The Bertz CT molecular complexity index is 86.3. The lowest BCUT2D eigenvalue weighted by Crippen LogP contribution is -1.81. The Balaban J connectivity index is 2.30. The summed E-state index contributed by atoms with van der Waals surface area (Å²) < 4.78 is 0. The van der Waals surface area contributed by atoms with E-state index in [2.05, 4.69) is 0 Å². The van der Waals surface area contributed by atoms with Gasteiger partial charge in [-0.15, -0.1) is 0 Å². The van der Waals surface area contributed by atoms with Crippen molar-refractivity contribution in [3.63, 3.8) is 0 Å². The summed E-state index contributed by atoms with van der Waals surface area (Å²) in [5.41, 5.74) is 0. The van der Waals surface area contributed by atoms with Gasteiger partial charge in [-0.1, -0.05) is 0 Å². The molecule has 0 spiro atoms. The zero-order chi connectivity index (χ0) is 5.28. The first-order valence-electron chi connectivity index (χ1n) is 2.29. The Labute approximate surface area is 41.5 Å². The Hall–Kier alpha value is -0.660. The highest BCUT2D eigenvalue weighted by atomic mass is 16.1. The van der Waals surface area contributed by atoms with E-state index in [-0.39, 0.29) is 11.8 Å². The molecule has 1 fully saturated rings. The lowest BCUT2D eigenvalue weighted by molar-refractivity contribution is -0.112. The highest BCUT2D eigenvalue weighted by molar-refractivity contribution is 5.71. The molecule has 0 heterocycles. The van der Waals surface area contributed by atoms with Gasteiger partial charge in [0, 0.05) is 11.8 Å². The average molecular weight is 98.1 g/mol. The van der Waals surface area contributed by atoms with Crippen molar-refractivity contribution in [2.45, 2.75) is 6.42 Å². The summed E-state index contributed by atoms with van der Waals surface area (Å²) in [4.78, 5) is 19.6. The molecule has 2 atom stereocenters. The van der Waals surface area contributed by atoms with Crippen LogP contribution in [0.15, 0.2) is 0 Å². The van der Waals surface area contributed by atoms with Gasteiger partial charge in [0.05, 0.1) is 0 Å². The topological polar surface area (TPSA) is 34.1 Å². The van der Waals surface area contributed by atoms with Crippen molar-refractivity contribution in [2.24, 2.45) is 11.8 Å². The van der Waals surface area contributed by atoms with Gasteiger partial charge < -0.3 is 9.59 Å². The average Bonchev–Trinajstić information content (AvgIpc) is 2.43. The fourth-order valence-electron chi connectivity index (χ4n) is 0.549. The summed E-state index contributed by atoms with van der Waals surface area (Å²) in [7, 11) is 0. The van der Waals surface area contributed by atoms with Crippen LogP contribution in [-0.4, -0.2) is 12.6 Å². The van der Waals surface area contributed by atoms with Crippen LogP contribution < -0.4 is 0 Å². The smallest absolute Gasteiger partial charge is 0.123 e. The lowest BCUT2D eigenvalue weighted by atomic mass is 10.4. The molecular formula is C5H6O2. The maximum absolute atomic E-state index is 9.78. The first-order chi connectivity index (χ1) is 3.38. The highest BCUT2D eigenvalue weighted by Crippen LogP contribution is 2.33. The van der Waals surface area contributed by atoms with Crippen molar-refractivity contribution in [3.05, 3.63) is 0 Å². The molecule has 0 amide bonds. The van der Waals surface area contributed by atoms with E-state index in [1.807, 2.05) is 0 Å². The largest absolute Gasteiger partial charge is 0.303 e. The maximum Gasteiger partial charge on any atom is 0.123 e. The molecule has 2 nitrogen and oxygen atoms in total. The molecule has 0 bridgehead atoms. The van der Waals surface area contributed by atoms with Gasteiger partial charge in [0.25, 0.3) is 0 Å². The Morgan fingerprint density at radius 2 is 1.57 bits per heavy atom. The van der Waals surface area contributed by atoms with Crippen LogP contribution in [-0.2, 0) is 9.59 Å². The van der Waals surface area contributed by atoms with Crippen LogP contribution in [0.4, 0.5) is 0 Å². The number of aldehydes is 2. The molecule has 0 unspecified atom stereocenters. The van der Waals surface area contributed by atoms with Gasteiger partial charge in [0.2, 0.25) is 0 Å². The normalized spacial score (nSPS) is 37.1. The molecule has 0 aliphatic heterocycles. The minimum absolute atomic E-state index is 0.0671. The van der Waals surface area contributed by atoms with Gasteiger partial charge >= 0.3 is 0 Å². The Morgan fingerprint density at radius 1 is 1.14 bits per heavy atom. The Kier molecular flexibility index (Phi) is 0.929. The van der Waals surface area contributed by atoms with Gasteiger partial charge in [-0.25, -0.2) is 0 Å². The summed E-state index contributed by atoms with van der Waals surface area (Å²) in [6, 6.07) is 0. The van der Waals surface area contributed by atoms with Crippen LogP contribution in [0.5, 0.6) is 0 Å². The first kappa shape index (κ1) is 4.50. The lowest BCUT2D eigenvalue weighted by Gasteiger charge is -1.67. The summed E-state index contributed by atoms with van der Waals surface area (Å²) in [6.07, 6.45) is 2.48. The number of hydrogen-bond acceptors (Lipinski definition) is 2. The van der Waals surface area contributed by atoms with Crippen LogP contribution >= 0.6 is 0 Å². The van der Waals surface area contributed by atoms with E-state index in [1.165, 1.54) is 0 Å². The second kappa shape index (κ2) is 1.45. The molecule has 0 N–H and O–H groups in total. The quantitative estimate of drug-likeness (QED) is 0.456. The molecule has 1 aliphatic rings. The van der Waals surface area contributed by atoms with E-state index in [0.717, 1.165) is 19.0 Å². The van der Waals surface area contributed by atoms with Crippen LogP contribution in [0, 0.1) is 11.8 Å². The molecule has 0 saturated heterocycles. The SMILES string of the molecule is O=C[C@@H]1C[C@H]1C=O. The highest BCUT2D eigenvalue weighted by Gasteiger charge is 2.35. The van der Waals surface area contributed by atoms with E-state index in [0.29, 0.717) is 0 Å². The van der Waals surface area contributed by atoms with E-state index in [4.69, 9.17) is 0 Å². The second-order valence-corrected chi connectivity index (χ2v) is 1.84. The number of rotatable bonds is 2. The predicted octanol–water partition coefficient (Wildman–Crippen LogP) is 0.0203. The van der Waals surface area contributed by atoms with Crippen molar-refractivity contribution in [1.82, 2.24) is 0 Å². The summed E-state index contributed by atoms with van der Waals surface area (Å²) in [5, 5.41) is 0. The molecule has 1 rings (SSSR count). The van der Waals surface area contributed by atoms with E-state index in [1.54, 1.807) is 0 Å². The number of carbonyl (C=O) groups is 2. The molecular weight excluding hydrogens is 92.1 g/mol. The van der Waals surface area contributed by atoms with E-state index < -0.39 is 0 Å². The summed E-state index contributed by atoms with van der Waals surface area (Å²) in [6.45, 7) is 0. The Morgan fingerprint density at radius 3 is 1.71 bits per heavy atom. The van der Waals surface area contributed by atoms with E-state index in [9.17, 15) is 9.59 Å². The minimum Gasteiger partial charge on any atom is -0.303 e. The van der Waals surface area contributed by atoms with Crippen molar-refractivity contribution < 1.29 is 9.59 Å². The maximum atomic E-state index is 9.78. The molecule has 0 aromatic heterocycles. The second-order valence-electron chi connectivity index (χ2n) is 1.84. The van der Waals surface area contributed by atoms with Gasteiger partial charge in [-0.3, -0.25) is 0 Å². The standard InChI is InChI=1S/C5H6O2/c6-2-4-1-5(4)3-7/h2-5H,1H2/t4-,5-/m0/s1. The van der Waals surface area contributed by atoms with Gasteiger partial charge in [-0.2, -0.15) is 0 Å². The van der Waals surface area contributed by atoms with Gasteiger partial charge in [-0.05, 0) is 6.42 Å². The molecule has 7 heavy (non-hydrogen) atoms. The van der Waals surface area contributed by atoms with Crippen molar-refractivity contribution in [3.8, 4) is 0 Å². The third kappa shape index (κ3) is 0.683. The van der Waals surface area contributed by atoms with Crippen LogP contribution in [0.1, 0.15) is 6.42 Å². The third-order valence-corrected chi connectivity index (χ3v) is 1.24. The fraction of sp³-hybridized carbons (Fsp3) is 0.600. The monoisotopic (exact) mass is 98.0 g/mol. The summed E-state index contributed by atoms with van der Waals surface area (Å²) >= 11 is 0. The number of hydrogen-bond donors (Lipinski definition) is 0. The molecule has 0 aromatic carbocycles. The van der Waals surface area contributed by atoms with Crippen molar-refractivity contribution in [1.29, 1.82) is 0 Å². The predicted molar refractivity (Wildman–Crippen MR) is 23.7 cm³/mol. The number of carbonyl (C=O) groups excluding carboxylic acids is 2. The van der Waals surface area contributed by atoms with Crippen molar-refractivity contribution in [2.75, 3.05) is 0 Å². The molecule has 38 valence electrons. The molecule has 2 heteroatoms. The van der Waals surface area contributed by atoms with Crippen molar-refractivity contribution >= 4 is 12.6 Å². The molecule has 1 aliphatic carbocycles. The molecule has 0 aromatic rings. The summed E-state index contributed by atoms with van der Waals surface area (Å²) in [5.74, 6) is 0.134. The van der Waals surface area contributed by atoms with Crippen LogP contribution in [0.3, 0.4) is 0 Å². The first-order valence-corrected chi connectivity index (χ1v) is 2.29.